The Labute approximate surface area is 130 Å². The van der Waals surface area contributed by atoms with E-state index in [2.05, 4.69) is 47.1 Å². The van der Waals surface area contributed by atoms with Crippen molar-refractivity contribution in [3.05, 3.63) is 35.4 Å². The summed E-state index contributed by atoms with van der Waals surface area (Å²) in [5, 5.41) is 0.848. The van der Waals surface area contributed by atoms with Gasteiger partial charge in [0.2, 0.25) is 0 Å². The Bertz CT molecular complexity index is 433. The second kappa shape index (κ2) is 7.26. The lowest BCUT2D eigenvalue weighted by Crippen LogP contribution is -2.35. The van der Waals surface area contributed by atoms with Gasteiger partial charge in [-0.25, -0.2) is 0 Å². The van der Waals surface area contributed by atoms with Crippen molar-refractivity contribution in [1.82, 2.24) is 0 Å². The second-order valence-corrected chi connectivity index (χ2v) is 6.17. The highest BCUT2D eigenvalue weighted by molar-refractivity contribution is 9.08. The number of unbranched alkanes of at least 4 members (excludes halogenated alkanes) is 1. The Balaban J connectivity index is 2.17. The Hall–Kier alpha value is -0.830. The molecule has 110 valence electrons. The molecule has 3 heteroatoms. The van der Waals surface area contributed by atoms with Gasteiger partial charge in [0.25, 0.3) is 0 Å². The van der Waals surface area contributed by atoms with Crippen LogP contribution in [-0.4, -0.2) is 12.6 Å². The number of hydrogen-bond donors (Lipinski definition) is 0. The molecule has 1 fully saturated rings. The summed E-state index contributed by atoms with van der Waals surface area (Å²) in [4.78, 5) is 12.6. The molecule has 0 heterocycles. The van der Waals surface area contributed by atoms with Crippen LogP contribution in [0.15, 0.2) is 24.3 Å². The average Bonchev–Trinajstić information content (AvgIpc) is 2.98. The number of esters is 1. The van der Waals surface area contributed by atoms with Gasteiger partial charge in [-0.15, -0.1) is 0 Å². The van der Waals surface area contributed by atoms with E-state index in [0.717, 1.165) is 49.4 Å². The van der Waals surface area contributed by atoms with Crippen LogP contribution < -0.4 is 0 Å². The van der Waals surface area contributed by atoms with Crippen LogP contribution in [0.25, 0.3) is 0 Å². The number of alkyl halides is 1. The van der Waals surface area contributed by atoms with Crippen LogP contribution in [-0.2, 0) is 20.3 Å². The molecule has 2 nitrogen and oxygen atoms in total. The maximum atomic E-state index is 12.6. The lowest BCUT2D eigenvalue weighted by atomic mass is 9.78. The number of ether oxygens (including phenoxy) is 1. The summed E-state index contributed by atoms with van der Waals surface area (Å²) in [6.45, 7) is 2.66. The number of carbonyl (C=O) groups excluding carboxylic acids is 1. The van der Waals surface area contributed by atoms with Crippen molar-refractivity contribution in [2.75, 3.05) is 6.61 Å². The van der Waals surface area contributed by atoms with Crippen LogP contribution in [0.4, 0.5) is 0 Å². The number of hydrogen-bond acceptors (Lipinski definition) is 2. The van der Waals surface area contributed by atoms with E-state index in [1.807, 2.05) is 0 Å². The van der Waals surface area contributed by atoms with Crippen molar-refractivity contribution in [2.24, 2.45) is 0 Å². The van der Waals surface area contributed by atoms with Gasteiger partial charge in [-0.1, -0.05) is 66.4 Å². The minimum atomic E-state index is -0.390. The van der Waals surface area contributed by atoms with Crippen LogP contribution in [0.3, 0.4) is 0 Å². The first-order valence-corrected chi connectivity index (χ1v) is 8.67. The number of halogens is 1. The van der Waals surface area contributed by atoms with Crippen LogP contribution in [0.2, 0.25) is 0 Å². The predicted octanol–water partition coefficient (Wildman–Crippen LogP) is 4.74. The van der Waals surface area contributed by atoms with Crippen LogP contribution in [0.5, 0.6) is 0 Å². The molecule has 1 aromatic carbocycles. The number of benzene rings is 1. The zero-order valence-electron chi connectivity index (χ0n) is 12.2. The standard InChI is InChI=1S/C17H23BrO2/c1-2-3-12-20-16(19)17(10-4-5-11-17)15-8-6-14(13-18)7-9-15/h6-9H,2-5,10-13H2,1H3. The molecular weight excluding hydrogens is 316 g/mol. The van der Waals surface area contributed by atoms with Crippen molar-refractivity contribution < 1.29 is 9.53 Å². The second-order valence-electron chi connectivity index (χ2n) is 5.61. The van der Waals surface area contributed by atoms with E-state index in [9.17, 15) is 4.79 Å². The summed E-state index contributed by atoms with van der Waals surface area (Å²) in [6, 6.07) is 8.40. The maximum absolute atomic E-state index is 12.6. The number of carbonyl (C=O) groups is 1. The molecule has 0 unspecified atom stereocenters. The summed E-state index contributed by atoms with van der Waals surface area (Å²) in [5.41, 5.74) is 1.97. The third-order valence-corrected chi connectivity index (χ3v) is 4.89. The third kappa shape index (κ3) is 3.25. The molecule has 0 radical (unpaired) electrons. The lowest BCUT2D eigenvalue weighted by Gasteiger charge is -2.27. The van der Waals surface area contributed by atoms with Crippen molar-refractivity contribution in [3.63, 3.8) is 0 Å². The van der Waals surface area contributed by atoms with Crippen molar-refractivity contribution in [2.45, 2.75) is 56.2 Å². The van der Waals surface area contributed by atoms with Gasteiger partial charge in [0, 0.05) is 5.33 Å². The van der Waals surface area contributed by atoms with Crippen LogP contribution in [0, 0.1) is 0 Å². The summed E-state index contributed by atoms with van der Waals surface area (Å²) >= 11 is 3.46. The smallest absolute Gasteiger partial charge is 0.316 e. The van der Waals surface area contributed by atoms with E-state index in [-0.39, 0.29) is 5.97 Å². The molecule has 0 saturated heterocycles. The largest absolute Gasteiger partial charge is 0.465 e. The summed E-state index contributed by atoms with van der Waals surface area (Å²) in [7, 11) is 0. The Morgan fingerprint density at radius 3 is 2.45 bits per heavy atom. The molecule has 0 aromatic heterocycles. The summed E-state index contributed by atoms with van der Waals surface area (Å²) in [5.74, 6) is -0.0185. The minimum Gasteiger partial charge on any atom is -0.465 e. The van der Waals surface area contributed by atoms with Gasteiger partial charge in [0.1, 0.15) is 0 Å². The zero-order valence-corrected chi connectivity index (χ0v) is 13.7. The van der Waals surface area contributed by atoms with Gasteiger partial charge < -0.3 is 4.74 Å². The quantitative estimate of drug-likeness (QED) is 0.425. The van der Waals surface area contributed by atoms with Gasteiger partial charge in [0.05, 0.1) is 12.0 Å². The topological polar surface area (TPSA) is 26.3 Å². The van der Waals surface area contributed by atoms with E-state index in [1.165, 1.54) is 5.56 Å². The monoisotopic (exact) mass is 338 g/mol. The lowest BCUT2D eigenvalue weighted by molar-refractivity contribution is -0.150. The molecule has 0 spiro atoms. The van der Waals surface area contributed by atoms with Crippen LogP contribution in [0.1, 0.15) is 56.6 Å². The molecule has 0 atom stereocenters. The molecule has 1 saturated carbocycles. The molecule has 0 bridgehead atoms. The molecule has 2 rings (SSSR count). The Morgan fingerprint density at radius 2 is 1.90 bits per heavy atom. The minimum absolute atomic E-state index is 0.0185. The highest BCUT2D eigenvalue weighted by Crippen LogP contribution is 2.42. The van der Waals surface area contributed by atoms with E-state index in [1.54, 1.807) is 0 Å². The highest BCUT2D eigenvalue weighted by atomic mass is 79.9. The first-order chi connectivity index (χ1) is 9.73. The van der Waals surface area contributed by atoms with Crippen molar-refractivity contribution in [1.29, 1.82) is 0 Å². The molecule has 20 heavy (non-hydrogen) atoms. The first kappa shape index (κ1) is 15.6. The fourth-order valence-electron chi connectivity index (χ4n) is 2.95. The molecule has 1 aliphatic carbocycles. The molecule has 1 aromatic rings. The summed E-state index contributed by atoms with van der Waals surface area (Å²) < 4.78 is 5.53. The third-order valence-electron chi connectivity index (χ3n) is 4.24. The highest BCUT2D eigenvalue weighted by Gasteiger charge is 2.44. The SMILES string of the molecule is CCCCOC(=O)C1(c2ccc(CBr)cc2)CCCC1. The Morgan fingerprint density at radius 1 is 1.25 bits per heavy atom. The molecule has 0 N–H and O–H groups in total. The average molecular weight is 339 g/mol. The molecule has 0 aliphatic heterocycles. The van der Waals surface area contributed by atoms with Gasteiger partial charge >= 0.3 is 5.97 Å². The Kier molecular flexibility index (Phi) is 5.64. The van der Waals surface area contributed by atoms with Gasteiger partial charge in [0.15, 0.2) is 0 Å². The van der Waals surface area contributed by atoms with E-state index in [4.69, 9.17) is 4.74 Å². The van der Waals surface area contributed by atoms with Crippen molar-refractivity contribution >= 4 is 21.9 Å². The predicted molar refractivity (Wildman–Crippen MR) is 85.1 cm³/mol. The van der Waals surface area contributed by atoms with Gasteiger partial charge in [-0.05, 0) is 30.4 Å². The fraction of sp³-hybridized carbons (Fsp3) is 0.588. The number of rotatable bonds is 6. The first-order valence-electron chi connectivity index (χ1n) is 7.55. The zero-order chi connectivity index (χ0) is 14.4. The maximum Gasteiger partial charge on any atom is 0.316 e. The summed E-state index contributed by atoms with van der Waals surface area (Å²) in [6.07, 6.45) is 6.08. The molecule has 1 aliphatic rings. The molecule has 0 amide bonds. The van der Waals surface area contributed by atoms with Crippen LogP contribution >= 0.6 is 15.9 Å². The van der Waals surface area contributed by atoms with E-state index < -0.39 is 5.41 Å². The fourth-order valence-corrected chi connectivity index (χ4v) is 3.32. The molecular formula is C17H23BrO2. The van der Waals surface area contributed by atoms with E-state index >= 15 is 0 Å². The normalized spacial score (nSPS) is 17.1. The van der Waals surface area contributed by atoms with Gasteiger partial charge in [-0.2, -0.15) is 0 Å². The van der Waals surface area contributed by atoms with E-state index in [0.29, 0.717) is 6.61 Å². The van der Waals surface area contributed by atoms with Gasteiger partial charge in [-0.3, -0.25) is 4.79 Å². The van der Waals surface area contributed by atoms with Crippen molar-refractivity contribution in [3.8, 4) is 0 Å².